The first-order valence-corrected chi connectivity index (χ1v) is 17.9. The summed E-state index contributed by atoms with van der Waals surface area (Å²) in [6.07, 6.45) is -0.890. The molecule has 0 saturated heterocycles. The van der Waals surface area contributed by atoms with Crippen LogP contribution in [-0.2, 0) is 23.2 Å². The molecule has 0 spiro atoms. The van der Waals surface area contributed by atoms with Crippen LogP contribution in [0.5, 0.6) is 11.5 Å². The third-order valence-electron chi connectivity index (χ3n) is 6.89. The monoisotopic (exact) mass is 653 g/mol. The van der Waals surface area contributed by atoms with E-state index in [0.29, 0.717) is 39.4 Å². The zero-order valence-corrected chi connectivity index (χ0v) is 28.6. The molecule has 0 fully saturated rings. The molecule has 0 radical (unpaired) electrons. The average Bonchev–Trinajstić information content (AvgIpc) is 3.01. The minimum absolute atomic E-state index is 0.0738. The molecule has 8 nitrogen and oxygen atoms in total. The number of rotatable bonds is 15. The molecular formula is C35H43NO7S2. The Morgan fingerprint density at radius 1 is 0.644 bits per heavy atom. The van der Waals surface area contributed by atoms with Crippen molar-refractivity contribution in [3.8, 4) is 11.5 Å². The van der Waals surface area contributed by atoms with Gasteiger partial charge in [-0.3, -0.25) is 0 Å². The highest BCUT2D eigenvalue weighted by molar-refractivity contribution is 8.33. The maximum absolute atomic E-state index is 14.2. The lowest BCUT2D eigenvalue weighted by molar-refractivity contribution is -0.0616. The summed E-state index contributed by atoms with van der Waals surface area (Å²) in [6, 6.07) is 29.1. The largest absolute Gasteiger partial charge is 0.465 e. The van der Waals surface area contributed by atoms with Gasteiger partial charge in [0, 0.05) is 47.7 Å². The van der Waals surface area contributed by atoms with Crippen molar-refractivity contribution in [3.05, 3.63) is 103 Å². The second kappa shape index (κ2) is 15.2. The molecule has 0 aliphatic rings. The van der Waals surface area contributed by atoms with Gasteiger partial charge in [-0.15, -0.1) is 0 Å². The van der Waals surface area contributed by atoms with Crippen molar-refractivity contribution >= 4 is 26.1 Å². The molecule has 0 bridgehead atoms. The van der Waals surface area contributed by atoms with E-state index in [2.05, 4.69) is 0 Å². The highest BCUT2D eigenvalue weighted by atomic mass is 32.3. The average molecular weight is 654 g/mol. The second-order valence-electron chi connectivity index (χ2n) is 10.5. The molecule has 4 rings (SSSR count). The fraction of sp³-hybridized carbons (Fsp3) is 0.314. The van der Waals surface area contributed by atoms with Crippen LogP contribution in [0.4, 0.5) is 5.69 Å². The lowest BCUT2D eigenvalue weighted by Gasteiger charge is -2.40. The molecule has 0 amide bonds. The molecule has 4 aromatic rings. The number of nitrogens with zero attached hydrogens (tertiary/aromatic N) is 1. The number of anilines is 1. The van der Waals surface area contributed by atoms with Crippen molar-refractivity contribution < 1.29 is 31.0 Å². The molecule has 0 N–H and O–H groups in total. The molecular weight excluding hydrogens is 611 g/mol. The Kier molecular flexibility index (Phi) is 11.6. The molecule has 0 aliphatic heterocycles. The lowest BCUT2D eigenvalue weighted by Crippen LogP contribution is -2.17. The Morgan fingerprint density at radius 2 is 1.11 bits per heavy atom. The maximum atomic E-state index is 14.2. The summed E-state index contributed by atoms with van der Waals surface area (Å²) in [4.78, 5) is 4.09. The number of aryl methyl sites for hydroxylation is 1. The van der Waals surface area contributed by atoms with Gasteiger partial charge in [0.2, 0.25) is 0 Å². The first kappa shape index (κ1) is 34.3. The van der Waals surface area contributed by atoms with Crippen molar-refractivity contribution in [1.82, 2.24) is 0 Å². The van der Waals surface area contributed by atoms with Gasteiger partial charge >= 0.3 is 10.1 Å². The van der Waals surface area contributed by atoms with Crippen LogP contribution < -0.4 is 14.4 Å². The number of hydrogen-bond acceptors (Lipinski definition) is 8. The van der Waals surface area contributed by atoms with Gasteiger partial charge in [0.05, 0.1) is 4.90 Å². The molecule has 0 saturated carbocycles. The lowest BCUT2D eigenvalue weighted by atomic mass is 10.2. The van der Waals surface area contributed by atoms with Crippen molar-refractivity contribution in [2.75, 3.05) is 32.2 Å². The summed E-state index contributed by atoms with van der Waals surface area (Å²) in [6.45, 7) is 10.4. The molecule has 0 aliphatic carbocycles. The van der Waals surface area contributed by atoms with Crippen molar-refractivity contribution in [2.24, 2.45) is 0 Å². The third kappa shape index (κ3) is 8.39. The van der Waals surface area contributed by atoms with Gasteiger partial charge in [0.15, 0.2) is 12.6 Å². The summed E-state index contributed by atoms with van der Waals surface area (Å²) in [5.41, 5.74) is 1.84. The first-order valence-electron chi connectivity index (χ1n) is 14.9. The normalized spacial score (nSPS) is 15.0. The fourth-order valence-corrected chi connectivity index (χ4v) is 9.90. The quantitative estimate of drug-likeness (QED) is 0.119. The van der Waals surface area contributed by atoms with Crippen LogP contribution in [0.15, 0.2) is 117 Å². The molecule has 2 unspecified atom stereocenters. The minimum Gasteiger partial charge on any atom is -0.465 e. The Bertz CT molecular complexity index is 1570. The van der Waals surface area contributed by atoms with Crippen LogP contribution in [0.2, 0.25) is 0 Å². The van der Waals surface area contributed by atoms with Crippen LogP contribution in [0.3, 0.4) is 0 Å². The summed E-state index contributed by atoms with van der Waals surface area (Å²) in [5, 5.41) is 0. The minimum atomic E-state index is -4.26. The van der Waals surface area contributed by atoms with E-state index in [-0.39, 0.29) is 4.90 Å². The molecule has 2 atom stereocenters. The van der Waals surface area contributed by atoms with Crippen molar-refractivity contribution in [1.29, 1.82) is 0 Å². The Labute approximate surface area is 269 Å². The van der Waals surface area contributed by atoms with E-state index in [0.717, 1.165) is 11.3 Å². The van der Waals surface area contributed by atoms with E-state index in [9.17, 15) is 8.42 Å². The maximum Gasteiger partial charge on any atom is 0.307 e. The standard InChI is InChI=1S/C35H43NO7S2/c1-8-39-27(4)41-30-15-21-32(22-16-30)44(35-12-10-11-29(25-35)36(6)7,43-45(37,38)34-19-13-26(3)14-20-34)33-23-17-31(18-24-33)42-28(5)40-9-2/h10-25,27-28H,8-9H2,1-7H3. The van der Waals surface area contributed by atoms with E-state index in [1.807, 2.05) is 126 Å². The smallest absolute Gasteiger partial charge is 0.307 e. The van der Waals surface area contributed by atoms with E-state index in [1.54, 1.807) is 24.3 Å². The zero-order valence-electron chi connectivity index (χ0n) is 26.9. The summed E-state index contributed by atoms with van der Waals surface area (Å²) < 4.78 is 57.9. The molecule has 45 heavy (non-hydrogen) atoms. The zero-order chi connectivity index (χ0) is 32.6. The highest BCUT2D eigenvalue weighted by Crippen LogP contribution is 2.70. The Balaban J connectivity index is 1.95. The van der Waals surface area contributed by atoms with Gasteiger partial charge in [-0.25, -0.2) is 3.63 Å². The van der Waals surface area contributed by atoms with Crippen LogP contribution in [0, 0.1) is 6.92 Å². The van der Waals surface area contributed by atoms with Crippen LogP contribution in [0.1, 0.15) is 33.3 Å². The second-order valence-corrected chi connectivity index (χ2v) is 15.0. The SMILES string of the molecule is CCOC(C)Oc1ccc(S(OS(=O)(=O)c2ccc(C)cc2)(c2ccc(OC(C)OCC)cc2)c2cccc(N(C)C)c2)cc1. The number of ether oxygens (including phenoxy) is 4. The van der Waals surface area contributed by atoms with Crippen LogP contribution in [0.25, 0.3) is 0 Å². The van der Waals surface area contributed by atoms with Crippen molar-refractivity contribution in [2.45, 2.75) is 66.8 Å². The summed E-state index contributed by atoms with van der Waals surface area (Å²) in [5.74, 6) is 1.18. The first-order chi connectivity index (χ1) is 21.5. The summed E-state index contributed by atoms with van der Waals surface area (Å²) >= 11 is 0. The topological polar surface area (TPSA) is 83.5 Å². The van der Waals surface area contributed by atoms with Gasteiger partial charge in [0.25, 0.3) is 0 Å². The third-order valence-corrected chi connectivity index (χ3v) is 12.1. The molecule has 0 aromatic heterocycles. The Morgan fingerprint density at radius 3 is 1.56 bits per heavy atom. The predicted molar refractivity (Wildman–Crippen MR) is 179 cm³/mol. The Hall–Kier alpha value is -3.54. The van der Waals surface area contributed by atoms with Gasteiger partial charge in [0.1, 0.15) is 11.5 Å². The van der Waals surface area contributed by atoms with Gasteiger partial charge < -0.3 is 23.8 Å². The van der Waals surface area contributed by atoms with Gasteiger partial charge in [-0.1, -0.05) is 23.8 Å². The van der Waals surface area contributed by atoms with Crippen molar-refractivity contribution in [3.63, 3.8) is 0 Å². The molecule has 242 valence electrons. The van der Waals surface area contributed by atoms with Gasteiger partial charge in [-0.2, -0.15) is 8.42 Å². The molecule has 4 aromatic carbocycles. The number of hydrogen-bond donors (Lipinski definition) is 0. The van der Waals surface area contributed by atoms with Crippen LogP contribution >= 0.6 is 10.3 Å². The predicted octanol–water partition coefficient (Wildman–Crippen LogP) is 8.19. The van der Waals surface area contributed by atoms with E-state index in [4.69, 9.17) is 22.6 Å². The van der Waals surface area contributed by atoms with Crippen LogP contribution in [-0.4, -0.2) is 48.3 Å². The highest BCUT2D eigenvalue weighted by Gasteiger charge is 2.39. The van der Waals surface area contributed by atoms with E-state index >= 15 is 0 Å². The van der Waals surface area contributed by atoms with E-state index < -0.39 is 33.0 Å². The fourth-order valence-electron chi connectivity index (χ4n) is 4.69. The van der Waals surface area contributed by atoms with Gasteiger partial charge in [-0.05, 0) is 124 Å². The summed E-state index contributed by atoms with van der Waals surface area (Å²) in [7, 11) is -3.28. The molecule has 0 heterocycles. The van der Waals surface area contributed by atoms with E-state index in [1.165, 1.54) is 0 Å². The molecule has 10 heteroatoms. The number of benzene rings is 4.